The molecule has 1 atom stereocenters. The first kappa shape index (κ1) is 11.9. The molecule has 1 aliphatic heterocycles. The van der Waals surface area contributed by atoms with Gasteiger partial charge in [-0.3, -0.25) is 4.79 Å². The number of nitrogens with two attached hydrogens (primary N) is 1. The number of ether oxygens (including phenoxy) is 1. The molecule has 3 N–H and O–H groups in total. The van der Waals surface area contributed by atoms with E-state index in [4.69, 9.17) is 14.9 Å². The molecule has 1 spiro atoms. The van der Waals surface area contributed by atoms with Crippen molar-refractivity contribution in [3.63, 3.8) is 0 Å². The zero-order valence-electron chi connectivity index (χ0n) is 10.9. The molecule has 1 unspecified atom stereocenters. The van der Waals surface area contributed by atoms with Gasteiger partial charge in [0.05, 0.1) is 11.2 Å². The average Bonchev–Trinajstić information content (AvgIpc) is 3.04. The molecule has 1 aliphatic carbocycles. The van der Waals surface area contributed by atoms with E-state index in [1.165, 1.54) is 0 Å². The van der Waals surface area contributed by atoms with Crippen molar-refractivity contribution in [1.29, 1.82) is 0 Å². The summed E-state index contributed by atoms with van der Waals surface area (Å²) in [6.45, 7) is 1.55. The average molecular weight is 273 g/mol. The lowest BCUT2D eigenvalue weighted by atomic mass is 10.2. The third-order valence-electron chi connectivity index (χ3n) is 3.95. The van der Waals surface area contributed by atoms with E-state index in [0.717, 1.165) is 19.4 Å². The lowest BCUT2D eigenvalue weighted by molar-refractivity contribution is -0.0672. The molecule has 1 saturated heterocycles. The highest BCUT2D eigenvalue weighted by Crippen LogP contribution is 2.44. The van der Waals surface area contributed by atoms with Crippen LogP contribution in [-0.4, -0.2) is 29.6 Å². The van der Waals surface area contributed by atoms with Gasteiger partial charge in [0.1, 0.15) is 11.6 Å². The van der Waals surface area contributed by atoms with Gasteiger partial charge in [0.15, 0.2) is 5.58 Å². The van der Waals surface area contributed by atoms with Crippen LogP contribution in [0.2, 0.25) is 0 Å². The number of hydrogen-bond acceptors (Lipinski definition) is 5. The maximum Gasteiger partial charge on any atom is 0.252 e. The number of hydrogen-bond donors (Lipinski definition) is 2. The molecule has 2 aliphatic rings. The maximum atomic E-state index is 11.4. The van der Waals surface area contributed by atoms with Gasteiger partial charge < -0.3 is 20.2 Å². The highest BCUT2D eigenvalue weighted by molar-refractivity contribution is 6.03. The van der Waals surface area contributed by atoms with Crippen molar-refractivity contribution in [3.8, 4) is 0 Å². The molecule has 2 heterocycles. The number of rotatable bonds is 2. The molecular formula is C14H15N3O3. The van der Waals surface area contributed by atoms with E-state index < -0.39 is 5.91 Å². The molecular weight excluding hydrogens is 258 g/mol. The smallest absolute Gasteiger partial charge is 0.252 e. The summed E-state index contributed by atoms with van der Waals surface area (Å²) >= 11 is 0. The molecule has 2 fully saturated rings. The van der Waals surface area contributed by atoms with Crippen LogP contribution in [0.5, 0.6) is 0 Å². The molecule has 104 valence electrons. The lowest BCUT2D eigenvalue weighted by Crippen LogP contribution is -2.42. The van der Waals surface area contributed by atoms with Gasteiger partial charge in [-0.15, -0.1) is 0 Å². The van der Waals surface area contributed by atoms with Crippen LogP contribution in [0.25, 0.3) is 11.1 Å². The summed E-state index contributed by atoms with van der Waals surface area (Å²) in [6, 6.07) is 5.19. The zero-order chi connectivity index (χ0) is 13.7. The summed E-state index contributed by atoms with van der Waals surface area (Å²) in [5.41, 5.74) is 6.75. The second kappa shape index (κ2) is 4.04. The minimum absolute atomic E-state index is 0.0317. The van der Waals surface area contributed by atoms with Crippen molar-refractivity contribution in [1.82, 2.24) is 10.3 Å². The van der Waals surface area contributed by atoms with E-state index in [1.54, 1.807) is 18.2 Å². The molecule has 1 aromatic heterocycles. The van der Waals surface area contributed by atoms with Crippen LogP contribution in [-0.2, 0) is 4.74 Å². The number of carbonyl (C=O) groups is 1. The zero-order valence-corrected chi connectivity index (χ0v) is 10.9. The van der Waals surface area contributed by atoms with Crippen molar-refractivity contribution < 1.29 is 13.9 Å². The molecule has 6 heteroatoms. The number of oxazole rings is 1. The van der Waals surface area contributed by atoms with Crippen LogP contribution >= 0.6 is 0 Å². The standard InChI is InChI=1S/C14H15N3O3/c15-12(18)8-2-1-3-9-11(8)19-13(17-9)10-6-16-7-14(20-10)4-5-14/h1-3,10,16H,4-7H2,(H2,15,18). The summed E-state index contributed by atoms with van der Waals surface area (Å²) in [7, 11) is 0. The molecule has 20 heavy (non-hydrogen) atoms. The van der Waals surface area contributed by atoms with Crippen LogP contribution in [0.3, 0.4) is 0 Å². The summed E-state index contributed by atoms with van der Waals surface area (Å²) in [6.07, 6.45) is 1.94. The Morgan fingerprint density at radius 3 is 3.05 bits per heavy atom. The molecule has 4 rings (SSSR count). The first-order valence-electron chi connectivity index (χ1n) is 6.75. The van der Waals surface area contributed by atoms with Gasteiger partial charge in [-0.25, -0.2) is 4.98 Å². The van der Waals surface area contributed by atoms with Crippen molar-refractivity contribution >= 4 is 17.0 Å². The van der Waals surface area contributed by atoms with E-state index in [0.29, 0.717) is 29.1 Å². The van der Waals surface area contributed by atoms with E-state index in [9.17, 15) is 4.79 Å². The number of carbonyl (C=O) groups excluding carboxylic acids is 1. The van der Waals surface area contributed by atoms with E-state index >= 15 is 0 Å². The SMILES string of the molecule is NC(=O)c1cccc2nc(C3CNCC4(CC4)O3)oc12. The summed E-state index contributed by atoms with van der Waals surface area (Å²) in [5.74, 6) is -0.00757. The van der Waals surface area contributed by atoms with Gasteiger partial charge in [0, 0.05) is 13.1 Å². The molecule has 0 bridgehead atoms. The Balaban J connectivity index is 1.73. The number of aromatic nitrogens is 1. The van der Waals surface area contributed by atoms with E-state index in [-0.39, 0.29) is 11.7 Å². The number of primary amides is 1. The van der Waals surface area contributed by atoms with Crippen molar-refractivity contribution in [2.45, 2.75) is 24.5 Å². The number of fused-ring (bicyclic) bond motifs is 1. The Kier molecular flexibility index (Phi) is 2.40. The minimum atomic E-state index is -0.514. The highest BCUT2D eigenvalue weighted by Gasteiger charge is 2.48. The summed E-state index contributed by atoms with van der Waals surface area (Å²) in [5, 5.41) is 3.35. The van der Waals surface area contributed by atoms with Crippen LogP contribution in [0, 0.1) is 0 Å². The minimum Gasteiger partial charge on any atom is -0.437 e. The Morgan fingerprint density at radius 1 is 1.45 bits per heavy atom. The van der Waals surface area contributed by atoms with Crippen LogP contribution in [0.15, 0.2) is 22.6 Å². The predicted molar refractivity (Wildman–Crippen MR) is 71.2 cm³/mol. The summed E-state index contributed by atoms with van der Waals surface area (Å²) in [4.78, 5) is 15.8. The topological polar surface area (TPSA) is 90.4 Å². The number of para-hydroxylation sites is 1. The van der Waals surface area contributed by atoms with Crippen molar-refractivity contribution in [2.24, 2.45) is 5.73 Å². The van der Waals surface area contributed by atoms with Crippen LogP contribution in [0.4, 0.5) is 0 Å². The first-order chi connectivity index (χ1) is 9.67. The monoisotopic (exact) mass is 273 g/mol. The number of nitrogens with zero attached hydrogens (tertiary/aromatic N) is 1. The van der Waals surface area contributed by atoms with Crippen LogP contribution in [0.1, 0.15) is 35.2 Å². The van der Waals surface area contributed by atoms with Gasteiger partial charge in [0.25, 0.3) is 5.91 Å². The first-order valence-corrected chi connectivity index (χ1v) is 6.75. The fourth-order valence-electron chi connectivity index (χ4n) is 2.69. The fourth-order valence-corrected chi connectivity index (χ4v) is 2.69. The Hall–Kier alpha value is -1.92. The number of benzene rings is 1. The second-order valence-corrected chi connectivity index (χ2v) is 5.49. The Bertz CT molecular complexity index is 690. The van der Waals surface area contributed by atoms with Gasteiger partial charge in [-0.05, 0) is 25.0 Å². The fraction of sp³-hybridized carbons (Fsp3) is 0.429. The molecule has 1 amide bonds. The van der Waals surface area contributed by atoms with E-state index in [1.807, 2.05) is 0 Å². The van der Waals surface area contributed by atoms with Gasteiger partial charge >= 0.3 is 0 Å². The number of morpholine rings is 1. The van der Waals surface area contributed by atoms with Gasteiger partial charge in [-0.1, -0.05) is 6.07 Å². The molecule has 6 nitrogen and oxygen atoms in total. The molecule has 1 aromatic carbocycles. The quantitative estimate of drug-likeness (QED) is 0.855. The third kappa shape index (κ3) is 1.80. The van der Waals surface area contributed by atoms with Gasteiger partial charge in [0.2, 0.25) is 5.89 Å². The third-order valence-corrected chi connectivity index (χ3v) is 3.95. The van der Waals surface area contributed by atoms with Crippen LogP contribution < -0.4 is 11.1 Å². The number of nitrogens with one attached hydrogen (secondary N) is 1. The Labute approximate surface area is 115 Å². The maximum absolute atomic E-state index is 11.4. The Morgan fingerprint density at radius 2 is 2.30 bits per heavy atom. The molecule has 0 radical (unpaired) electrons. The lowest BCUT2D eigenvalue weighted by Gasteiger charge is -2.29. The van der Waals surface area contributed by atoms with Crippen molar-refractivity contribution in [3.05, 3.63) is 29.7 Å². The largest absolute Gasteiger partial charge is 0.437 e. The summed E-state index contributed by atoms with van der Waals surface area (Å²) < 4.78 is 11.8. The molecule has 2 aromatic rings. The second-order valence-electron chi connectivity index (χ2n) is 5.49. The number of amides is 1. The molecule has 1 saturated carbocycles. The van der Waals surface area contributed by atoms with Crippen molar-refractivity contribution in [2.75, 3.05) is 13.1 Å². The normalized spacial score (nSPS) is 24.1. The highest BCUT2D eigenvalue weighted by atomic mass is 16.5. The predicted octanol–water partition coefficient (Wildman–Crippen LogP) is 1.12. The van der Waals surface area contributed by atoms with E-state index in [2.05, 4.69) is 10.3 Å². The van der Waals surface area contributed by atoms with Gasteiger partial charge in [-0.2, -0.15) is 0 Å².